The van der Waals surface area contributed by atoms with Crippen LogP contribution in [0.4, 0.5) is 5.69 Å². The molecule has 2 heterocycles. The van der Waals surface area contributed by atoms with Gasteiger partial charge in [0.25, 0.3) is 0 Å². The average Bonchev–Trinajstić information content (AvgIpc) is 3.32. The van der Waals surface area contributed by atoms with Crippen molar-refractivity contribution in [2.24, 2.45) is 0 Å². The molecule has 0 aliphatic rings. The Morgan fingerprint density at radius 2 is 1.91 bits per heavy atom. The fourth-order valence-corrected chi connectivity index (χ4v) is 3.85. The largest absolute Gasteiger partial charge is 0.492 e. The van der Waals surface area contributed by atoms with E-state index in [9.17, 15) is 9.90 Å². The topological polar surface area (TPSA) is 67.6 Å². The maximum absolute atomic E-state index is 11.6. The lowest BCUT2D eigenvalue weighted by atomic mass is 10.1. The molecule has 4 rings (SSSR count). The number of carbonyl (C=O) groups is 1. The molecule has 164 valence electrons. The molecule has 1 atom stereocenters. The van der Waals surface area contributed by atoms with Crippen molar-refractivity contribution in [3.8, 4) is 5.75 Å². The van der Waals surface area contributed by atoms with Crippen LogP contribution in [0.15, 0.2) is 79.3 Å². The van der Waals surface area contributed by atoms with Gasteiger partial charge in [-0.3, -0.25) is 4.98 Å². The van der Waals surface area contributed by atoms with E-state index in [1.165, 1.54) is 0 Å². The molecule has 2 aromatic heterocycles. The minimum absolute atomic E-state index is 0.409. The number of carboxylic acid groups (broad SMARTS) is 1. The molecule has 0 bridgehead atoms. The first kappa shape index (κ1) is 21.7. The van der Waals surface area contributed by atoms with Gasteiger partial charge in [0.05, 0.1) is 12.1 Å². The van der Waals surface area contributed by atoms with Crippen molar-refractivity contribution in [1.29, 1.82) is 0 Å². The molecular weight excluding hydrogens is 426 g/mol. The highest BCUT2D eigenvalue weighted by atomic mass is 35.5. The summed E-state index contributed by atoms with van der Waals surface area (Å²) < 4.78 is 7.62. The van der Waals surface area contributed by atoms with Crippen LogP contribution < -0.4 is 9.64 Å². The van der Waals surface area contributed by atoms with E-state index in [1.807, 2.05) is 67.7 Å². The van der Waals surface area contributed by atoms with Gasteiger partial charge in [-0.1, -0.05) is 23.7 Å². The number of anilines is 1. The number of benzene rings is 2. The third kappa shape index (κ3) is 5.03. The predicted molar refractivity (Wildman–Crippen MR) is 127 cm³/mol. The van der Waals surface area contributed by atoms with Crippen molar-refractivity contribution in [2.45, 2.75) is 12.5 Å². The highest BCUT2D eigenvalue weighted by molar-refractivity contribution is 6.31. The SMILES string of the molecule is CN(CCOc1ccc(C[C@@H](C(=O)O)n2cccc2)cc1)c1ccnc2cc(Cl)ccc12. The number of fused-ring (bicyclic) bond motifs is 1. The first-order chi connectivity index (χ1) is 15.5. The predicted octanol–water partition coefficient (Wildman–Crippen LogP) is 5.07. The van der Waals surface area contributed by atoms with Crippen LogP contribution >= 0.6 is 11.6 Å². The molecule has 1 N–H and O–H groups in total. The summed E-state index contributed by atoms with van der Waals surface area (Å²) in [5.41, 5.74) is 2.87. The van der Waals surface area contributed by atoms with Crippen LogP contribution in [0.2, 0.25) is 5.02 Å². The maximum Gasteiger partial charge on any atom is 0.327 e. The van der Waals surface area contributed by atoms with Gasteiger partial charge in [0.1, 0.15) is 18.4 Å². The van der Waals surface area contributed by atoms with E-state index in [4.69, 9.17) is 16.3 Å². The summed E-state index contributed by atoms with van der Waals surface area (Å²) in [7, 11) is 2.02. The second-order valence-electron chi connectivity index (χ2n) is 7.59. The molecule has 32 heavy (non-hydrogen) atoms. The highest BCUT2D eigenvalue weighted by Gasteiger charge is 2.19. The molecule has 0 aliphatic carbocycles. The zero-order valence-corrected chi connectivity index (χ0v) is 18.4. The Kier molecular flexibility index (Phi) is 6.61. The molecule has 0 fully saturated rings. The van der Waals surface area contributed by atoms with E-state index in [-0.39, 0.29) is 0 Å². The smallest absolute Gasteiger partial charge is 0.327 e. The van der Waals surface area contributed by atoms with Crippen LogP contribution in [0.5, 0.6) is 5.75 Å². The van der Waals surface area contributed by atoms with Crippen LogP contribution in [-0.4, -0.2) is 40.8 Å². The van der Waals surface area contributed by atoms with Crippen molar-refractivity contribution in [3.63, 3.8) is 0 Å². The first-order valence-electron chi connectivity index (χ1n) is 10.3. The molecular formula is C25H24ClN3O3. The molecule has 7 heteroatoms. The Bertz CT molecular complexity index is 1190. The summed E-state index contributed by atoms with van der Waals surface area (Å²) >= 11 is 6.08. The minimum atomic E-state index is -0.851. The van der Waals surface area contributed by atoms with E-state index >= 15 is 0 Å². The zero-order chi connectivity index (χ0) is 22.5. The Balaban J connectivity index is 1.34. The molecule has 0 aliphatic heterocycles. The van der Waals surface area contributed by atoms with Crippen molar-refractivity contribution >= 4 is 34.2 Å². The van der Waals surface area contributed by atoms with Gasteiger partial charge >= 0.3 is 5.97 Å². The lowest BCUT2D eigenvalue weighted by Gasteiger charge is -2.21. The number of pyridine rings is 1. The summed E-state index contributed by atoms with van der Waals surface area (Å²) in [4.78, 5) is 18.1. The fourth-order valence-electron chi connectivity index (χ4n) is 3.68. The number of nitrogens with zero attached hydrogens (tertiary/aromatic N) is 3. The van der Waals surface area contributed by atoms with Crippen LogP contribution in [0.25, 0.3) is 10.9 Å². The number of halogens is 1. The molecule has 6 nitrogen and oxygen atoms in total. The van der Waals surface area contributed by atoms with E-state index in [2.05, 4.69) is 9.88 Å². The number of hydrogen-bond donors (Lipinski definition) is 1. The number of aromatic nitrogens is 2. The van der Waals surface area contributed by atoms with Crippen molar-refractivity contribution in [1.82, 2.24) is 9.55 Å². The van der Waals surface area contributed by atoms with Crippen LogP contribution in [0, 0.1) is 0 Å². The van der Waals surface area contributed by atoms with Crippen LogP contribution in [0.3, 0.4) is 0 Å². The molecule has 0 unspecified atom stereocenters. The zero-order valence-electron chi connectivity index (χ0n) is 17.7. The molecule has 0 saturated heterocycles. The van der Waals surface area contributed by atoms with Crippen LogP contribution in [-0.2, 0) is 11.2 Å². The monoisotopic (exact) mass is 449 g/mol. The quantitative estimate of drug-likeness (QED) is 0.386. The van der Waals surface area contributed by atoms with Gasteiger partial charge in [0, 0.05) is 48.2 Å². The second kappa shape index (κ2) is 9.75. The number of aliphatic carboxylic acids is 1. The molecule has 2 aromatic carbocycles. The molecule has 0 saturated carbocycles. The van der Waals surface area contributed by atoms with Crippen LogP contribution in [0.1, 0.15) is 11.6 Å². The molecule has 0 amide bonds. The number of carboxylic acids is 1. The number of ether oxygens (including phenoxy) is 1. The Morgan fingerprint density at radius 3 is 2.62 bits per heavy atom. The van der Waals surface area contributed by atoms with Gasteiger partial charge in [-0.25, -0.2) is 4.79 Å². The Hall–Kier alpha value is -3.51. The summed E-state index contributed by atoms with van der Waals surface area (Å²) in [6.45, 7) is 1.20. The van der Waals surface area contributed by atoms with E-state index in [1.54, 1.807) is 23.2 Å². The van der Waals surface area contributed by atoms with Crippen molar-refractivity contribution in [2.75, 3.05) is 25.1 Å². The Labute approximate surface area is 191 Å². The van der Waals surface area contributed by atoms with E-state index in [0.717, 1.165) is 27.9 Å². The van der Waals surface area contributed by atoms with E-state index in [0.29, 0.717) is 24.6 Å². The summed E-state index contributed by atoms with van der Waals surface area (Å²) in [5.74, 6) is -0.100. The van der Waals surface area contributed by atoms with Gasteiger partial charge in [-0.05, 0) is 54.1 Å². The maximum atomic E-state index is 11.6. The first-order valence-corrected chi connectivity index (χ1v) is 10.7. The van der Waals surface area contributed by atoms with Gasteiger partial charge < -0.3 is 19.3 Å². The normalized spacial score (nSPS) is 11.9. The lowest BCUT2D eigenvalue weighted by Crippen LogP contribution is -2.24. The third-order valence-electron chi connectivity index (χ3n) is 5.41. The third-order valence-corrected chi connectivity index (χ3v) is 5.65. The fraction of sp³-hybridized carbons (Fsp3) is 0.200. The van der Waals surface area contributed by atoms with E-state index < -0.39 is 12.0 Å². The lowest BCUT2D eigenvalue weighted by molar-refractivity contribution is -0.140. The van der Waals surface area contributed by atoms with Gasteiger partial charge in [-0.15, -0.1) is 0 Å². The Morgan fingerprint density at radius 1 is 1.16 bits per heavy atom. The van der Waals surface area contributed by atoms with Crippen molar-refractivity contribution in [3.05, 3.63) is 89.8 Å². The number of rotatable bonds is 9. The number of likely N-dealkylation sites (N-methyl/N-ethyl adjacent to an activating group) is 1. The summed E-state index contributed by atoms with van der Waals surface area (Å²) in [5, 5.41) is 11.2. The minimum Gasteiger partial charge on any atom is -0.492 e. The summed E-state index contributed by atoms with van der Waals surface area (Å²) in [6, 6.07) is 18.3. The second-order valence-corrected chi connectivity index (χ2v) is 8.03. The van der Waals surface area contributed by atoms with Gasteiger partial charge in [0.2, 0.25) is 0 Å². The molecule has 4 aromatic rings. The molecule has 0 spiro atoms. The van der Waals surface area contributed by atoms with Gasteiger partial charge in [-0.2, -0.15) is 0 Å². The summed E-state index contributed by atoms with van der Waals surface area (Å²) in [6.07, 6.45) is 5.73. The van der Waals surface area contributed by atoms with Crippen molar-refractivity contribution < 1.29 is 14.6 Å². The molecule has 0 radical (unpaired) electrons. The standard InChI is InChI=1S/C25H24ClN3O3/c1-28(23-10-11-27-22-17-19(26)6-9-21(22)23)14-15-32-20-7-4-18(5-8-20)16-24(25(30)31)29-12-2-3-13-29/h2-13,17,24H,14-16H2,1H3,(H,30,31)/t24-/m0/s1. The highest BCUT2D eigenvalue weighted by Crippen LogP contribution is 2.26. The van der Waals surface area contributed by atoms with Gasteiger partial charge in [0.15, 0.2) is 0 Å². The average molecular weight is 450 g/mol. The number of hydrogen-bond acceptors (Lipinski definition) is 4.